The van der Waals surface area contributed by atoms with Crippen molar-refractivity contribution in [2.24, 2.45) is 5.92 Å². The zero-order valence-electron chi connectivity index (χ0n) is 12.6. The third-order valence-electron chi connectivity index (χ3n) is 4.27. The number of hydrogen-bond acceptors (Lipinski definition) is 6. The molecular formula is C14H23N5OS. The maximum Gasteiger partial charge on any atom is 0.265 e. The van der Waals surface area contributed by atoms with Crippen LogP contribution in [0.5, 0.6) is 0 Å². The molecule has 0 spiro atoms. The van der Waals surface area contributed by atoms with E-state index >= 15 is 0 Å². The molecule has 116 valence electrons. The summed E-state index contributed by atoms with van der Waals surface area (Å²) >= 11 is 1.40. The topological polar surface area (TPSA) is 83.3 Å². The van der Waals surface area contributed by atoms with E-state index in [1.165, 1.54) is 24.2 Å². The van der Waals surface area contributed by atoms with E-state index in [0.717, 1.165) is 31.3 Å². The number of anilines is 2. The summed E-state index contributed by atoms with van der Waals surface area (Å²) < 4.78 is 0. The number of nitrogen functional groups attached to an aromatic ring is 1. The summed E-state index contributed by atoms with van der Waals surface area (Å²) in [5.74, 6) is 0.837. The number of nitrogens with one attached hydrogen (secondary N) is 2. The second-order valence-electron chi connectivity index (χ2n) is 6.40. The van der Waals surface area contributed by atoms with Crippen LogP contribution in [0.4, 0.5) is 10.9 Å². The second kappa shape index (κ2) is 5.46. The van der Waals surface area contributed by atoms with Gasteiger partial charge in [0.2, 0.25) is 0 Å². The van der Waals surface area contributed by atoms with Crippen LogP contribution in [0, 0.1) is 5.92 Å². The minimum atomic E-state index is -0.164. The molecule has 6 nitrogen and oxygen atoms in total. The average molecular weight is 309 g/mol. The smallest absolute Gasteiger partial charge is 0.265 e. The van der Waals surface area contributed by atoms with Crippen LogP contribution in [-0.2, 0) is 0 Å². The Bertz CT molecular complexity index is 531. The molecule has 1 amide bonds. The van der Waals surface area contributed by atoms with E-state index in [2.05, 4.69) is 34.4 Å². The fourth-order valence-corrected chi connectivity index (χ4v) is 3.66. The number of piperazine rings is 1. The van der Waals surface area contributed by atoms with Gasteiger partial charge in [-0.3, -0.25) is 4.79 Å². The average Bonchev–Trinajstić information content (AvgIpc) is 3.23. The van der Waals surface area contributed by atoms with E-state index in [1.807, 2.05) is 0 Å². The summed E-state index contributed by atoms with van der Waals surface area (Å²) in [5, 5.41) is 7.27. The minimum Gasteiger partial charge on any atom is -0.382 e. The largest absolute Gasteiger partial charge is 0.382 e. The van der Waals surface area contributed by atoms with Crippen molar-refractivity contribution in [1.82, 2.24) is 15.6 Å². The van der Waals surface area contributed by atoms with Crippen LogP contribution < -0.4 is 21.3 Å². The Balaban J connectivity index is 1.72. The molecule has 1 aromatic heterocycles. The molecule has 0 atom stereocenters. The van der Waals surface area contributed by atoms with Crippen LogP contribution in [-0.4, -0.2) is 42.6 Å². The van der Waals surface area contributed by atoms with E-state index in [1.54, 1.807) is 0 Å². The zero-order chi connectivity index (χ0) is 15.0. The van der Waals surface area contributed by atoms with E-state index in [9.17, 15) is 4.79 Å². The second-order valence-corrected chi connectivity index (χ2v) is 7.38. The van der Waals surface area contributed by atoms with Gasteiger partial charge in [0.25, 0.3) is 5.91 Å². The number of hydrogen-bond donors (Lipinski definition) is 3. The summed E-state index contributed by atoms with van der Waals surface area (Å²) in [5.41, 5.74) is 5.79. The number of aromatic nitrogens is 1. The Morgan fingerprint density at radius 1 is 1.43 bits per heavy atom. The molecule has 7 heteroatoms. The third kappa shape index (κ3) is 3.13. The minimum absolute atomic E-state index is 0.0942. The number of thiazole rings is 1. The lowest BCUT2D eigenvalue weighted by molar-refractivity contribution is 0.0908. The van der Waals surface area contributed by atoms with Gasteiger partial charge < -0.3 is 21.3 Å². The van der Waals surface area contributed by atoms with Gasteiger partial charge in [-0.15, -0.1) is 0 Å². The summed E-state index contributed by atoms with van der Waals surface area (Å²) in [4.78, 5) is 19.6. The first kappa shape index (κ1) is 14.6. The lowest BCUT2D eigenvalue weighted by atomic mass is 9.99. The first-order valence-corrected chi connectivity index (χ1v) is 8.33. The van der Waals surface area contributed by atoms with Crippen LogP contribution >= 0.6 is 11.3 Å². The van der Waals surface area contributed by atoms with Gasteiger partial charge in [0, 0.05) is 31.7 Å². The molecule has 0 bridgehead atoms. The molecule has 2 heterocycles. The number of rotatable bonds is 4. The van der Waals surface area contributed by atoms with Crippen LogP contribution in [0.15, 0.2) is 0 Å². The molecule has 3 rings (SSSR count). The van der Waals surface area contributed by atoms with Gasteiger partial charge in [-0.2, -0.15) is 0 Å². The molecular weight excluding hydrogens is 286 g/mol. The molecule has 0 unspecified atom stereocenters. The molecule has 1 saturated heterocycles. The maximum atomic E-state index is 12.5. The number of carbonyl (C=O) groups is 1. The highest BCUT2D eigenvalue weighted by molar-refractivity contribution is 7.18. The number of amides is 1. The van der Waals surface area contributed by atoms with Crippen LogP contribution in [0.2, 0.25) is 0 Å². The highest BCUT2D eigenvalue weighted by Gasteiger charge is 2.39. The standard InChI is InChI=1S/C14H23N5OS/c1-14(2,9-3-4-9)18-12(20)10-11(15)17-13(21-10)19-7-5-16-6-8-19/h9,16H,3-8,15H2,1-2H3,(H,18,20). The number of carbonyl (C=O) groups excluding carboxylic acids is 1. The van der Waals surface area contributed by atoms with Crippen molar-refractivity contribution < 1.29 is 4.79 Å². The monoisotopic (exact) mass is 309 g/mol. The molecule has 2 aliphatic rings. The molecule has 21 heavy (non-hydrogen) atoms. The highest BCUT2D eigenvalue weighted by Crippen LogP contribution is 2.39. The third-order valence-corrected chi connectivity index (χ3v) is 5.40. The fraction of sp³-hybridized carbons (Fsp3) is 0.714. The van der Waals surface area contributed by atoms with Crippen molar-refractivity contribution in [3.05, 3.63) is 4.88 Å². The van der Waals surface area contributed by atoms with Crippen LogP contribution in [0.1, 0.15) is 36.4 Å². The van der Waals surface area contributed by atoms with E-state index in [-0.39, 0.29) is 11.4 Å². The van der Waals surface area contributed by atoms with Crippen molar-refractivity contribution in [3.63, 3.8) is 0 Å². The Labute approximate surface area is 129 Å². The summed E-state index contributed by atoms with van der Waals surface area (Å²) in [6.07, 6.45) is 2.38. The maximum absolute atomic E-state index is 12.5. The van der Waals surface area contributed by atoms with Crippen molar-refractivity contribution in [2.75, 3.05) is 36.8 Å². The molecule has 2 fully saturated rings. The quantitative estimate of drug-likeness (QED) is 0.774. The number of nitrogens with two attached hydrogens (primary N) is 1. The predicted molar refractivity (Wildman–Crippen MR) is 85.9 cm³/mol. The lowest BCUT2D eigenvalue weighted by Gasteiger charge is -2.26. The molecule has 1 saturated carbocycles. The van der Waals surface area contributed by atoms with Crippen molar-refractivity contribution in [1.29, 1.82) is 0 Å². The summed E-state index contributed by atoms with van der Waals surface area (Å²) in [6, 6.07) is 0. The van der Waals surface area contributed by atoms with E-state index < -0.39 is 0 Å². The first-order chi connectivity index (χ1) is 9.97. The van der Waals surface area contributed by atoms with Gasteiger partial charge >= 0.3 is 0 Å². The van der Waals surface area contributed by atoms with E-state index in [0.29, 0.717) is 16.6 Å². The predicted octanol–water partition coefficient (Wildman–Crippen LogP) is 1.05. The highest BCUT2D eigenvalue weighted by atomic mass is 32.1. The molecule has 1 aliphatic heterocycles. The fourth-order valence-electron chi connectivity index (χ4n) is 2.73. The molecule has 1 aromatic rings. The van der Waals surface area contributed by atoms with Gasteiger partial charge in [-0.1, -0.05) is 11.3 Å². The SMILES string of the molecule is CC(C)(NC(=O)c1sc(N2CCNCC2)nc1N)C1CC1. The van der Waals surface area contributed by atoms with Gasteiger partial charge in [0.05, 0.1) is 0 Å². The van der Waals surface area contributed by atoms with Gasteiger partial charge in [0.15, 0.2) is 5.13 Å². The van der Waals surface area contributed by atoms with Gasteiger partial charge in [0.1, 0.15) is 10.7 Å². The summed E-state index contributed by atoms with van der Waals surface area (Å²) in [7, 11) is 0. The van der Waals surface area contributed by atoms with Crippen LogP contribution in [0.3, 0.4) is 0 Å². The lowest BCUT2D eigenvalue weighted by Crippen LogP contribution is -2.45. The van der Waals surface area contributed by atoms with Crippen LogP contribution in [0.25, 0.3) is 0 Å². The summed E-state index contributed by atoms with van der Waals surface area (Å²) in [6.45, 7) is 7.85. The number of nitrogens with zero attached hydrogens (tertiary/aromatic N) is 2. The van der Waals surface area contributed by atoms with E-state index in [4.69, 9.17) is 5.73 Å². The van der Waals surface area contributed by atoms with Crippen molar-refractivity contribution >= 4 is 28.2 Å². The Kier molecular flexibility index (Phi) is 3.79. The molecule has 0 radical (unpaired) electrons. The molecule has 0 aromatic carbocycles. The van der Waals surface area contributed by atoms with Crippen molar-refractivity contribution in [2.45, 2.75) is 32.2 Å². The van der Waals surface area contributed by atoms with Crippen molar-refractivity contribution in [3.8, 4) is 0 Å². The zero-order valence-corrected chi connectivity index (χ0v) is 13.4. The van der Waals surface area contributed by atoms with Gasteiger partial charge in [-0.05, 0) is 32.6 Å². The molecule has 4 N–H and O–H groups in total. The first-order valence-electron chi connectivity index (χ1n) is 7.52. The Morgan fingerprint density at radius 3 is 2.71 bits per heavy atom. The molecule has 1 aliphatic carbocycles. The Hall–Kier alpha value is -1.34. The Morgan fingerprint density at radius 2 is 2.10 bits per heavy atom. The normalized spacial score (nSPS) is 19.6. The van der Waals surface area contributed by atoms with Gasteiger partial charge in [-0.25, -0.2) is 4.98 Å².